The number of non-ortho nitro benzene ring substituents is 1. The van der Waals surface area contributed by atoms with Crippen LogP contribution in [0.1, 0.15) is 31.2 Å². The summed E-state index contributed by atoms with van der Waals surface area (Å²) in [6.07, 6.45) is 1.67. The van der Waals surface area contributed by atoms with Crippen LogP contribution in [0.25, 0.3) is 0 Å². The van der Waals surface area contributed by atoms with Gasteiger partial charge in [0.2, 0.25) is 5.91 Å². The van der Waals surface area contributed by atoms with Gasteiger partial charge in [-0.05, 0) is 25.3 Å². The van der Waals surface area contributed by atoms with Gasteiger partial charge in [-0.3, -0.25) is 19.7 Å². The summed E-state index contributed by atoms with van der Waals surface area (Å²) < 4.78 is 0. The van der Waals surface area contributed by atoms with E-state index in [9.17, 15) is 24.8 Å². The number of rotatable bonds is 5. The molecule has 1 aliphatic rings. The van der Waals surface area contributed by atoms with Crippen molar-refractivity contribution in [2.75, 3.05) is 5.32 Å². The SMILES string of the molecule is Cc1ccc([N+](=O)[O-])cc1NC(=O)CC1(C(=O)O)CCC1. The molecule has 1 aromatic carbocycles. The van der Waals surface area contributed by atoms with Gasteiger partial charge in [-0.15, -0.1) is 0 Å². The van der Waals surface area contributed by atoms with Crippen LogP contribution in [0.5, 0.6) is 0 Å². The second-order valence-corrected chi connectivity index (χ2v) is 5.42. The van der Waals surface area contributed by atoms with E-state index >= 15 is 0 Å². The number of aryl methyl sites for hydroxylation is 1. The molecule has 1 saturated carbocycles. The predicted molar refractivity (Wildman–Crippen MR) is 75.0 cm³/mol. The quantitative estimate of drug-likeness (QED) is 0.640. The normalized spacial score (nSPS) is 15.9. The molecule has 0 aliphatic heterocycles. The molecule has 0 atom stereocenters. The van der Waals surface area contributed by atoms with E-state index < -0.39 is 22.2 Å². The van der Waals surface area contributed by atoms with E-state index in [-0.39, 0.29) is 12.1 Å². The molecule has 1 aromatic rings. The summed E-state index contributed by atoms with van der Waals surface area (Å²) in [5, 5.41) is 22.5. The van der Waals surface area contributed by atoms with Crippen LogP contribution in [0.2, 0.25) is 0 Å². The molecule has 21 heavy (non-hydrogen) atoms. The third-order valence-electron chi connectivity index (χ3n) is 3.97. The number of hydrogen-bond donors (Lipinski definition) is 2. The lowest BCUT2D eigenvalue weighted by Gasteiger charge is -2.36. The highest BCUT2D eigenvalue weighted by molar-refractivity contribution is 5.95. The molecule has 0 saturated heterocycles. The van der Waals surface area contributed by atoms with Gasteiger partial charge < -0.3 is 10.4 Å². The van der Waals surface area contributed by atoms with Gasteiger partial charge in [0.1, 0.15) is 0 Å². The molecule has 1 aliphatic carbocycles. The molecule has 0 unspecified atom stereocenters. The van der Waals surface area contributed by atoms with E-state index in [1.165, 1.54) is 12.1 Å². The van der Waals surface area contributed by atoms with Crippen molar-refractivity contribution >= 4 is 23.3 Å². The van der Waals surface area contributed by atoms with Crippen LogP contribution in [0, 0.1) is 22.5 Å². The van der Waals surface area contributed by atoms with E-state index in [0.717, 1.165) is 6.42 Å². The summed E-state index contributed by atoms with van der Waals surface area (Å²) in [7, 11) is 0. The summed E-state index contributed by atoms with van der Waals surface area (Å²) in [5.41, 5.74) is -0.0629. The molecule has 1 fully saturated rings. The first kappa shape index (κ1) is 15.0. The number of anilines is 1. The highest BCUT2D eigenvalue weighted by Crippen LogP contribution is 2.44. The number of carboxylic acid groups (broad SMARTS) is 1. The van der Waals surface area contributed by atoms with Crippen molar-refractivity contribution in [1.29, 1.82) is 0 Å². The number of nitro benzene ring substituents is 1. The number of nitrogens with zero attached hydrogens (tertiary/aromatic N) is 1. The second-order valence-electron chi connectivity index (χ2n) is 5.42. The molecular formula is C14H16N2O5. The van der Waals surface area contributed by atoms with Crippen LogP contribution in [-0.4, -0.2) is 21.9 Å². The molecule has 7 heteroatoms. The van der Waals surface area contributed by atoms with Crippen molar-refractivity contribution in [2.24, 2.45) is 5.41 Å². The largest absolute Gasteiger partial charge is 0.481 e. The molecule has 2 N–H and O–H groups in total. The Morgan fingerprint density at radius 1 is 1.43 bits per heavy atom. The Morgan fingerprint density at radius 3 is 2.57 bits per heavy atom. The Kier molecular flexibility index (Phi) is 3.93. The minimum Gasteiger partial charge on any atom is -0.481 e. The first-order valence-corrected chi connectivity index (χ1v) is 6.62. The topological polar surface area (TPSA) is 110 Å². The number of aliphatic carboxylic acids is 1. The molecular weight excluding hydrogens is 276 g/mol. The molecule has 0 spiro atoms. The summed E-state index contributed by atoms with van der Waals surface area (Å²) >= 11 is 0. The van der Waals surface area contributed by atoms with Crippen molar-refractivity contribution in [2.45, 2.75) is 32.6 Å². The van der Waals surface area contributed by atoms with E-state index in [2.05, 4.69) is 5.32 Å². The number of hydrogen-bond acceptors (Lipinski definition) is 4. The van der Waals surface area contributed by atoms with Crippen LogP contribution in [0.4, 0.5) is 11.4 Å². The molecule has 1 amide bonds. The zero-order chi connectivity index (χ0) is 15.6. The average Bonchev–Trinajstić information content (AvgIpc) is 2.35. The van der Waals surface area contributed by atoms with Crippen LogP contribution in [-0.2, 0) is 9.59 Å². The number of nitrogens with one attached hydrogen (secondary N) is 1. The fourth-order valence-corrected chi connectivity index (χ4v) is 2.43. The van der Waals surface area contributed by atoms with E-state index in [4.69, 9.17) is 0 Å². The molecule has 2 rings (SSSR count). The highest BCUT2D eigenvalue weighted by Gasteiger charge is 2.45. The summed E-state index contributed by atoms with van der Waals surface area (Å²) in [6, 6.07) is 4.18. The van der Waals surface area contributed by atoms with Crippen LogP contribution in [0.15, 0.2) is 18.2 Å². The molecule has 7 nitrogen and oxygen atoms in total. The number of nitro groups is 1. The Balaban J connectivity index is 2.11. The Bertz CT molecular complexity index is 607. The van der Waals surface area contributed by atoms with E-state index in [1.807, 2.05) is 0 Å². The maximum Gasteiger partial charge on any atom is 0.310 e. The molecule has 0 aromatic heterocycles. The van der Waals surface area contributed by atoms with Crippen LogP contribution < -0.4 is 5.32 Å². The van der Waals surface area contributed by atoms with E-state index in [0.29, 0.717) is 24.1 Å². The lowest BCUT2D eigenvalue weighted by Crippen LogP contribution is -2.41. The van der Waals surface area contributed by atoms with Gasteiger partial charge >= 0.3 is 5.97 Å². The van der Waals surface area contributed by atoms with E-state index in [1.54, 1.807) is 13.0 Å². The summed E-state index contributed by atoms with van der Waals surface area (Å²) in [6.45, 7) is 1.72. The number of carbonyl (C=O) groups is 2. The molecule has 0 heterocycles. The Labute approximate surface area is 121 Å². The monoisotopic (exact) mass is 292 g/mol. The predicted octanol–water partition coefficient (Wildman–Crippen LogP) is 2.49. The Morgan fingerprint density at radius 2 is 2.10 bits per heavy atom. The third-order valence-corrected chi connectivity index (χ3v) is 3.97. The maximum absolute atomic E-state index is 12.0. The van der Waals surface area contributed by atoms with Gasteiger partial charge in [-0.2, -0.15) is 0 Å². The first-order valence-electron chi connectivity index (χ1n) is 6.62. The molecule has 112 valence electrons. The zero-order valence-electron chi connectivity index (χ0n) is 11.6. The number of carbonyl (C=O) groups excluding carboxylic acids is 1. The number of amides is 1. The van der Waals surface area contributed by atoms with Crippen molar-refractivity contribution in [3.8, 4) is 0 Å². The first-order chi connectivity index (χ1) is 9.84. The number of carboxylic acids is 1. The molecule has 0 bridgehead atoms. The van der Waals surface area contributed by atoms with Crippen molar-refractivity contribution in [1.82, 2.24) is 0 Å². The zero-order valence-corrected chi connectivity index (χ0v) is 11.6. The van der Waals surface area contributed by atoms with Gasteiger partial charge in [0.25, 0.3) is 5.69 Å². The fraction of sp³-hybridized carbons (Fsp3) is 0.429. The molecule has 0 radical (unpaired) electrons. The van der Waals surface area contributed by atoms with Gasteiger partial charge in [0.05, 0.1) is 16.0 Å². The van der Waals surface area contributed by atoms with Gasteiger partial charge in [-0.25, -0.2) is 0 Å². The highest BCUT2D eigenvalue weighted by atomic mass is 16.6. The van der Waals surface area contributed by atoms with Gasteiger partial charge in [0, 0.05) is 18.6 Å². The lowest BCUT2D eigenvalue weighted by atomic mass is 9.66. The smallest absolute Gasteiger partial charge is 0.310 e. The van der Waals surface area contributed by atoms with Crippen LogP contribution >= 0.6 is 0 Å². The minimum absolute atomic E-state index is 0.107. The fourth-order valence-electron chi connectivity index (χ4n) is 2.43. The number of benzene rings is 1. The second kappa shape index (κ2) is 5.51. The van der Waals surface area contributed by atoms with Crippen LogP contribution in [0.3, 0.4) is 0 Å². The van der Waals surface area contributed by atoms with Crippen molar-refractivity contribution in [3.63, 3.8) is 0 Å². The van der Waals surface area contributed by atoms with Gasteiger partial charge in [0.15, 0.2) is 0 Å². The standard InChI is InChI=1S/C14H16N2O5/c1-9-3-4-10(16(20)21)7-11(9)15-12(17)8-14(13(18)19)5-2-6-14/h3-4,7H,2,5-6,8H2,1H3,(H,15,17)(H,18,19). The summed E-state index contributed by atoms with van der Waals surface area (Å²) in [5.74, 6) is -1.39. The van der Waals surface area contributed by atoms with Crippen molar-refractivity contribution in [3.05, 3.63) is 33.9 Å². The van der Waals surface area contributed by atoms with Crippen molar-refractivity contribution < 1.29 is 19.6 Å². The lowest BCUT2D eigenvalue weighted by molar-refractivity contribution is -0.384. The average molecular weight is 292 g/mol. The third kappa shape index (κ3) is 3.01. The summed E-state index contributed by atoms with van der Waals surface area (Å²) in [4.78, 5) is 33.4. The Hall–Kier alpha value is -2.44. The minimum atomic E-state index is -0.974. The maximum atomic E-state index is 12.0. The van der Waals surface area contributed by atoms with Gasteiger partial charge in [-0.1, -0.05) is 12.5 Å².